The highest BCUT2D eigenvalue weighted by Crippen LogP contribution is 2.67. The van der Waals surface area contributed by atoms with E-state index < -0.39 is 7.82 Å². The van der Waals surface area contributed by atoms with Crippen LogP contribution in [0.2, 0.25) is 0 Å². The van der Waals surface area contributed by atoms with Crippen molar-refractivity contribution in [2.24, 2.45) is 46.3 Å². The predicted molar refractivity (Wildman–Crippen MR) is 157 cm³/mol. The second-order valence-corrected chi connectivity index (χ2v) is 17.0. The highest BCUT2D eigenvalue weighted by atomic mass is 31.2. The van der Waals surface area contributed by atoms with Crippen molar-refractivity contribution in [3.63, 3.8) is 0 Å². The summed E-state index contributed by atoms with van der Waals surface area (Å²) in [7, 11) is 2.10. The van der Waals surface area contributed by atoms with Crippen LogP contribution in [0.15, 0.2) is 11.6 Å². The number of quaternary nitrogens is 1. The third kappa shape index (κ3) is 6.64. The Morgan fingerprint density at radius 2 is 1.79 bits per heavy atom. The molecule has 0 aromatic carbocycles. The van der Waals surface area contributed by atoms with E-state index in [0.29, 0.717) is 16.4 Å². The van der Waals surface area contributed by atoms with Gasteiger partial charge in [-0.25, -0.2) is 4.57 Å². The van der Waals surface area contributed by atoms with Gasteiger partial charge in [-0.3, -0.25) is 9.05 Å². The first-order valence-electron chi connectivity index (χ1n) is 15.8. The molecule has 3 fully saturated rings. The maximum Gasteiger partial charge on any atom is 0.472 e. The van der Waals surface area contributed by atoms with Gasteiger partial charge in [-0.05, 0) is 97.7 Å². The average Bonchev–Trinajstić information content (AvgIpc) is 3.15. The van der Waals surface area contributed by atoms with Crippen LogP contribution in [-0.2, 0) is 13.6 Å². The molecule has 4 rings (SSSR count). The highest BCUT2D eigenvalue weighted by Gasteiger charge is 2.59. The fraction of sp³-hybridized carbons (Fsp3) is 0.938. The number of nitrogens with zero attached hydrogens (tertiary/aromatic N) is 1. The lowest BCUT2D eigenvalue weighted by Gasteiger charge is -2.58. The van der Waals surface area contributed by atoms with E-state index in [0.717, 1.165) is 54.8 Å². The Morgan fingerprint density at radius 1 is 1.05 bits per heavy atom. The molecule has 4 aliphatic carbocycles. The molecule has 0 heterocycles. The first-order chi connectivity index (χ1) is 17.6. The lowest BCUT2D eigenvalue weighted by Crippen LogP contribution is -2.51. The first kappa shape index (κ1) is 30.8. The summed E-state index contributed by atoms with van der Waals surface area (Å²) in [6.07, 6.45) is 15.9. The van der Waals surface area contributed by atoms with Gasteiger partial charge < -0.3 is 9.38 Å². The minimum atomic E-state index is -4.04. The van der Waals surface area contributed by atoms with E-state index in [-0.39, 0.29) is 18.1 Å². The molecule has 1 unspecified atom stereocenters. The summed E-state index contributed by atoms with van der Waals surface area (Å²) in [6, 6.07) is 0. The van der Waals surface area contributed by atoms with Crippen LogP contribution in [0.25, 0.3) is 0 Å². The molecule has 0 spiro atoms. The minimum Gasteiger partial charge on any atom is -0.329 e. The molecule has 4 aliphatic rings. The number of rotatable bonds is 11. The second kappa shape index (κ2) is 11.6. The number of phosphoric acid groups is 1. The fourth-order valence-corrected chi connectivity index (χ4v) is 10.3. The van der Waals surface area contributed by atoms with E-state index in [4.69, 9.17) is 9.05 Å². The molecule has 9 atom stereocenters. The molecule has 5 nitrogen and oxygen atoms in total. The Bertz CT molecular complexity index is 896. The van der Waals surface area contributed by atoms with Gasteiger partial charge in [0.15, 0.2) is 0 Å². The number of likely N-dealkylation sites (N-methyl/N-ethyl adjacent to an activating group) is 1. The smallest absolute Gasteiger partial charge is 0.329 e. The van der Waals surface area contributed by atoms with Gasteiger partial charge in [0.2, 0.25) is 0 Å². The van der Waals surface area contributed by atoms with Crippen molar-refractivity contribution in [3.8, 4) is 0 Å². The van der Waals surface area contributed by atoms with Crippen LogP contribution < -0.4 is 0 Å². The van der Waals surface area contributed by atoms with E-state index in [1.165, 1.54) is 56.9 Å². The largest absolute Gasteiger partial charge is 0.472 e. The van der Waals surface area contributed by atoms with Gasteiger partial charge in [0.25, 0.3) is 0 Å². The Morgan fingerprint density at radius 3 is 2.47 bits per heavy atom. The standard InChI is InChI=1S/C32H58NO4P/c1-23(2)10-9-11-24(3)28-14-15-29-27-13-12-25-22-26(37-38(34,35)36-21-20-33(6,7)8)16-18-31(25,4)30(27)17-19-32(28,29)5/h12,23-24,26-30H,9-11,13-22H2,1-8H3/p+1/t24-,26-,27+,28+,29+,30+,31+,32-/m1/s1. The number of phosphoric ester groups is 1. The monoisotopic (exact) mass is 552 g/mol. The Labute approximate surface area is 234 Å². The molecule has 0 aromatic rings. The van der Waals surface area contributed by atoms with Gasteiger partial charge in [-0.2, -0.15) is 0 Å². The molecule has 38 heavy (non-hydrogen) atoms. The minimum absolute atomic E-state index is 0.217. The van der Waals surface area contributed by atoms with E-state index >= 15 is 0 Å². The van der Waals surface area contributed by atoms with Crippen molar-refractivity contribution in [1.29, 1.82) is 0 Å². The van der Waals surface area contributed by atoms with E-state index in [1.807, 2.05) is 21.1 Å². The van der Waals surface area contributed by atoms with Gasteiger partial charge in [-0.1, -0.05) is 65.5 Å². The summed E-state index contributed by atoms with van der Waals surface area (Å²) in [4.78, 5) is 10.4. The number of hydrogen-bond acceptors (Lipinski definition) is 3. The van der Waals surface area contributed by atoms with Gasteiger partial charge in [-0.15, -0.1) is 0 Å². The molecule has 3 saturated carbocycles. The molecule has 0 amide bonds. The number of hydrogen-bond donors (Lipinski definition) is 1. The van der Waals surface area contributed by atoms with Gasteiger partial charge >= 0.3 is 7.82 Å². The molecular weight excluding hydrogens is 493 g/mol. The van der Waals surface area contributed by atoms with E-state index in [2.05, 4.69) is 40.7 Å². The zero-order valence-corrected chi connectivity index (χ0v) is 26.8. The zero-order chi connectivity index (χ0) is 27.9. The summed E-state index contributed by atoms with van der Waals surface area (Å²) in [5.41, 5.74) is 2.21. The summed E-state index contributed by atoms with van der Waals surface area (Å²) in [5, 5.41) is 0. The maximum absolute atomic E-state index is 12.7. The fourth-order valence-electron chi connectivity index (χ4n) is 9.39. The average molecular weight is 553 g/mol. The van der Waals surface area contributed by atoms with Crippen molar-refractivity contribution in [2.45, 2.75) is 111 Å². The van der Waals surface area contributed by atoms with Crippen molar-refractivity contribution in [1.82, 2.24) is 0 Å². The van der Waals surface area contributed by atoms with Crippen LogP contribution in [0.1, 0.15) is 105 Å². The first-order valence-corrected chi connectivity index (χ1v) is 17.3. The van der Waals surface area contributed by atoms with Crippen molar-refractivity contribution in [3.05, 3.63) is 11.6 Å². The normalized spacial score (nSPS) is 39.6. The van der Waals surface area contributed by atoms with Gasteiger partial charge in [0.1, 0.15) is 13.2 Å². The lowest BCUT2D eigenvalue weighted by atomic mass is 9.47. The SMILES string of the molecule is CC(C)CCC[C@@H](C)[C@@H]1CC[C@H]2[C@@H]3CC=C4C[C@H](OP(=O)(O)OCC[N+](C)(C)C)CC[C@]4(C)[C@H]3CC[C@@]21C. The Kier molecular flexibility index (Phi) is 9.38. The molecule has 6 heteroatoms. The van der Waals surface area contributed by atoms with Crippen LogP contribution in [0, 0.1) is 46.3 Å². The molecule has 0 aliphatic heterocycles. The van der Waals surface area contributed by atoms with Crippen LogP contribution >= 0.6 is 7.82 Å². The number of fused-ring (bicyclic) bond motifs is 5. The zero-order valence-electron chi connectivity index (χ0n) is 25.9. The predicted octanol–water partition coefficient (Wildman–Crippen LogP) is 8.24. The lowest BCUT2D eigenvalue weighted by molar-refractivity contribution is -0.870. The summed E-state index contributed by atoms with van der Waals surface area (Å²) in [5.74, 6) is 4.96. The van der Waals surface area contributed by atoms with E-state index in [1.54, 1.807) is 0 Å². The molecule has 0 aromatic heterocycles. The Hall–Kier alpha value is -0.190. The van der Waals surface area contributed by atoms with Crippen molar-refractivity contribution in [2.75, 3.05) is 34.3 Å². The van der Waals surface area contributed by atoms with Crippen LogP contribution in [0.5, 0.6) is 0 Å². The van der Waals surface area contributed by atoms with Crippen molar-refractivity contribution < 1.29 is 23.0 Å². The topological polar surface area (TPSA) is 55.8 Å². The summed E-state index contributed by atoms with van der Waals surface area (Å²) < 4.78 is 24.4. The summed E-state index contributed by atoms with van der Waals surface area (Å²) in [6.45, 7) is 13.3. The second-order valence-electron chi connectivity index (χ2n) is 15.6. The summed E-state index contributed by atoms with van der Waals surface area (Å²) >= 11 is 0. The molecule has 220 valence electrons. The molecule has 1 N–H and O–H groups in total. The van der Waals surface area contributed by atoms with Crippen LogP contribution in [0.4, 0.5) is 0 Å². The maximum atomic E-state index is 12.7. The third-order valence-electron chi connectivity index (χ3n) is 11.6. The van der Waals surface area contributed by atoms with Crippen LogP contribution in [-0.4, -0.2) is 49.8 Å². The highest BCUT2D eigenvalue weighted by molar-refractivity contribution is 7.47. The van der Waals surface area contributed by atoms with Crippen LogP contribution in [0.3, 0.4) is 0 Å². The molecule has 0 bridgehead atoms. The van der Waals surface area contributed by atoms with Crippen molar-refractivity contribution >= 4 is 7.82 Å². The quantitative estimate of drug-likeness (QED) is 0.159. The third-order valence-corrected chi connectivity index (χ3v) is 12.6. The van der Waals surface area contributed by atoms with Gasteiger partial charge in [0, 0.05) is 0 Å². The Balaban J connectivity index is 1.38. The molecule has 0 saturated heterocycles. The number of allylic oxidation sites excluding steroid dienone is 1. The van der Waals surface area contributed by atoms with E-state index in [9.17, 15) is 9.46 Å². The molecule has 0 radical (unpaired) electrons. The van der Waals surface area contributed by atoms with Gasteiger partial charge in [0.05, 0.1) is 27.2 Å². The molecular formula is C32H59NO4P+.